The Morgan fingerprint density at radius 3 is 2.37 bits per heavy atom. The maximum absolute atomic E-state index is 13.3. The molecule has 15 heteroatoms. The minimum absolute atomic E-state index is 0.117. The molecule has 0 spiro atoms. The molecule has 1 aromatic carbocycles. The maximum Gasteiger partial charge on any atom is 0.451 e. The molecule has 0 aliphatic heterocycles. The molecule has 0 radical (unpaired) electrons. The number of pyridine rings is 1. The fourth-order valence-electron chi connectivity index (χ4n) is 3.01. The van der Waals surface area contributed by atoms with Crippen LogP contribution in [0.4, 0.5) is 24.5 Å². The average Bonchev–Trinajstić information content (AvgIpc) is 2.81. The number of carbonyl (C=O) groups excluding carboxylic acids is 2. The molecule has 0 aliphatic rings. The molecule has 0 saturated heterocycles. The van der Waals surface area contributed by atoms with Crippen molar-refractivity contribution in [3.05, 3.63) is 81.6 Å². The smallest absolute Gasteiger partial charge is 0.301 e. The lowest BCUT2D eigenvalue weighted by molar-refractivity contribution is -0.385. The van der Waals surface area contributed by atoms with Crippen LogP contribution in [0.1, 0.15) is 32.1 Å². The van der Waals surface area contributed by atoms with Crippen molar-refractivity contribution < 1.29 is 36.1 Å². The molecule has 1 amide bonds. The molecular weight excluding hydrogens is 495 g/mol. The van der Waals surface area contributed by atoms with E-state index < -0.39 is 55.5 Å². The Morgan fingerprint density at radius 1 is 1.17 bits per heavy atom. The molecule has 3 rings (SSSR count). The van der Waals surface area contributed by atoms with E-state index in [1.807, 2.05) is 0 Å². The largest absolute Gasteiger partial charge is 0.451 e. The number of hydrogen-bond donors (Lipinski definition) is 0. The summed E-state index contributed by atoms with van der Waals surface area (Å²) in [4.78, 5) is 45.8. The highest BCUT2D eigenvalue weighted by Gasteiger charge is 2.35. The molecule has 0 bridgehead atoms. The monoisotopic (exact) mass is 509 g/mol. The number of sulfone groups is 1. The summed E-state index contributed by atoms with van der Waals surface area (Å²) in [6.45, 7) is -0.464. The molecule has 0 N–H and O–H groups in total. The van der Waals surface area contributed by atoms with Crippen LogP contribution in [0.15, 0.2) is 53.9 Å². The van der Waals surface area contributed by atoms with Crippen LogP contribution in [0.3, 0.4) is 0 Å². The maximum atomic E-state index is 13.3. The van der Waals surface area contributed by atoms with Crippen LogP contribution in [0.5, 0.6) is 0 Å². The highest BCUT2D eigenvalue weighted by atomic mass is 32.2. The third kappa shape index (κ3) is 5.63. The zero-order chi connectivity index (χ0) is 26.0. The molecule has 0 fully saturated rings. The fraction of sp³-hybridized carbons (Fsp3) is 0.150. The third-order valence-electron chi connectivity index (χ3n) is 4.55. The number of nitro groups is 1. The molecule has 0 atom stereocenters. The van der Waals surface area contributed by atoms with Gasteiger partial charge in [0.15, 0.2) is 21.1 Å². The minimum Gasteiger partial charge on any atom is -0.301 e. The number of benzene rings is 1. The first-order chi connectivity index (χ1) is 16.3. The molecule has 182 valence electrons. The number of nitro benzene ring substituents is 1. The van der Waals surface area contributed by atoms with Gasteiger partial charge in [0.25, 0.3) is 11.6 Å². The highest BCUT2D eigenvalue weighted by molar-refractivity contribution is 7.90. The zero-order valence-electron chi connectivity index (χ0n) is 17.6. The molecular formula is C20H14F3N5O6S. The molecule has 35 heavy (non-hydrogen) atoms. The minimum atomic E-state index is -4.85. The van der Waals surface area contributed by atoms with Crippen molar-refractivity contribution in [2.75, 3.05) is 11.2 Å². The van der Waals surface area contributed by atoms with Gasteiger partial charge in [0, 0.05) is 30.9 Å². The molecule has 2 aromatic heterocycles. The normalized spacial score (nSPS) is 11.7. The predicted octanol–water partition coefficient (Wildman–Crippen LogP) is 2.86. The van der Waals surface area contributed by atoms with Crippen LogP contribution in [0.25, 0.3) is 0 Å². The Labute approximate surface area is 195 Å². The second-order valence-electron chi connectivity index (χ2n) is 7.05. The number of halogens is 3. The van der Waals surface area contributed by atoms with Crippen molar-refractivity contribution in [1.29, 1.82) is 0 Å². The number of hydrogen-bond acceptors (Lipinski definition) is 9. The van der Waals surface area contributed by atoms with E-state index in [1.165, 1.54) is 18.2 Å². The SMILES string of the molecule is CS(=O)(=O)c1ncccc1N(Cc1ccc(C=O)c([N+](=O)[O-])c1)C(=O)c1cnc(C(F)(F)F)nc1. The molecule has 0 aliphatic carbocycles. The van der Waals surface area contributed by atoms with E-state index in [0.717, 1.165) is 29.5 Å². The van der Waals surface area contributed by atoms with Crippen molar-refractivity contribution >= 4 is 33.4 Å². The van der Waals surface area contributed by atoms with Crippen molar-refractivity contribution in [3.63, 3.8) is 0 Å². The predicted molar refractivity (Wildman–Crippen MR) is 113 cm³/mol. The van der Waals surface area contributed by atoms with Gasteiger partial charge in [-0.2, -0.15) is 13.2 Å². The van der Waals surface area contributed by atoms with E-state index in [2.05, 4.69) is 15.0 Å². The average molecular weight is 509 g/mol. The van der Waals surface area contributed by atoms with Gasteiger partial charge >= 0.3 is 6.18 Å². The van der Waals surface area contributed by atoms with Crippen molar-refractivity contribution in [1.82, 2.24) is 15.0 Å². The summed E-state index contributed by atoms with van der Waals surface area (Å²) in [5, 5.41) is 10.8. The van der Waals surface area contributed by atoms with E-state index in [1.54, 1.807) is 0 Å². The van der Waals surface area contributed by atoms with Crippen molar-refractivity contribution in [3.8, 4) is 0 Å². The van der Waals surface area contributed by atoms with Gasteiger partial charge in [0.1, 0.15) is 0 Å². The van der Waals surface area contributed by atoms with E-state index in [4.69, 9.17) is 0 Å². The fourth-order valence-corrected chi connectivity index (χ4v) is 3.82. The lowest BCUT2D eigenvalue weighted by Crippen LogP contribution is -2.32. The van der Waals surface area contributed by atoms with Gasteiger partial charge < -0.3 is 4.90 Å². The summed E-state index contributed by atoms with van der Waals surface area (Å²) >= 11 is 0. The Hall–Kier alpha value is -4.27. The van der Waals surface area contributed by atoms with Gasteiger partial charge in [0.05, 0.1) is 28.3 Å². The summed E-state index contributed by atoms with van der Waals surface area (Å²) in [5.74, 6) is -2.49. The molecule has 0 unspecified atom stereocenters. The second kappa shape index (κ2) is 9.54. The number of anilines is 1. The van der Waals surface area contributed by atoms with Gasteiger partial charge in [0.2, 0.25) is 5.82 Å². The van der Waals surface area contributed by atoms with Crippen LogP contribution in [0.2, 0.25) is 0 Å². The lowest BCUT2D eigenvalue weighted by Gasteiger charge is -2.24. The van der Waals surface area contributed by atoms with E-state index >= 15 is 0 Å². The van der Waals surface area contributed by atoms with Crippen LogP contribution in [-0.4, -0.2) is 46.7 Å². The van der Waals surface area contributed by atoms with Gasteiger partial charge in [-0.3, -0.25) is 19.7 Å². The zero-order valence-corrected chi connectivity index (χ0v) is 18.4. The third-order valence-corrected chi connectivity index (χ3v) is 5.57. The molecule has 2 heterocycles. The van der Waals surface area contributed by atoms with E-state index in [0.29, 0.717) is 12.4 Å². The Balaban J connectivity index is 2.14. The number of nitrogens with zero attached hydrogens (tertiary/aromatic N) is 5. The number of carbonyl (C=O) groups is 2. The Bertz CT molecular complexity index is 1410. The van der Waals surface area contributed by atoms with Crippen molar-refractivity contribution in [2.45, 2.75) is 17.7 Å². The first-order valence-corrected chi connectivity index (χ1v) is 11.3. The quantitative estimate of drug-likeness (QED) is 0.266. The summed E-state index contributed by atoms with van der Waals surface area (Å²) < 4.78 is 63.0. The molecule has 11 nitrogen and oxygen atoms in total. The van der Waals surface area contributed by atoms with Crippen LogP contribution in [0, 0.1) is 10.1 Å². The standard InChI is InChI=1S/C20H14F3N5O6S/c1-35(33,34)17-15(3-2-6-24-17)27(10-12-4-5-13(11-29)16(7-12)28(31)32)18(30)14-8-25-19(26-9-14)20(21,22)23/h2-9,11H,10H2,1H3. The Morgan fingerprint density at radius 2 is 1.83 bits per heavy atom. The summed E-state index contributed by atoms with van der Waals surface area (Å²) in [6.07, 6.45) is -1.33. The number of amides is 1. The molecule has 0 saturated carbocycles. The topological polar surface area (TPSA) is 153 Å². The number of alkyl halides is 3. The van der Waals surface area contributed by atoms with E-state index in [-0.39, 0.29) is 23.1 Å². The first-order valence-electron chi connectivity index (χ1n) is 9.41. The second-order valence-corrected chi connectivity index (χ2v) is 8.98. The first kappa shape index (κ1) is 25.4. The van der Waals surface area contributed by atoms with Gasteiger partial charge in [-0.25, -0.2) is 23.4 Å². The Kier molecular flexibility index (Phi) is 6.91. The highest BCUT2D eigenvalue weighted by Crippen LogP contribution is 2.29. The van der Waals surface area contributed by atoms with Crippen LogP contribution >= 0.6 is 0 Å². The number of aldehydes is 1. The summed E-state index contributed by atoms with van der Waals surface area (Å²) in [7, 11) is -3.98. The van der Waals surface area contributed by atoms with Gasteiger partial charge in [-0.1, -0.05) is 6.07 Å². The van der Waals surface area contributed by atoms with Crippen LogP contribution in [-0.2, 0) is 22.6 Å². The van der Waals surface area contributed by atoms with E-state index in [9.17, 15) is 41.3 Å². The summed E-state index contributed by atoms with van der Waals surface area (Å²) in [6, 6.07) is 6.03. The number of rotatable bonds is 7. The molecule has 3 aromatic rings. The van der Waals surface area contributed by atoms with Crippen molar-refractivity contribution in [2.24, 2.45) is 0 Å². The summed E-state index contributed by atoms with van der Waals surface area (Å²) in [5.41, 5.74) is -1.32. The van der Waals surface area contributed by atoms with Gasteiger partial charge in [-0.15, -0.1) is 0 Å². The lowest BCUT2D eigenvalue weighted by atomic mass is 10.1. The van der Waals surface area contributed by atoms with Crippen LogP contribution < -0.4 is 4.90 Å². The van der Waals surface area contributed by atoms with Gasteiger partial charge in [-0.05, 0) is 23.8 Å². The number of aromatic nitrogens is 3.